The van der Waals surface area contributed by atoms with Gasteiger partial charge in [0.25, 0.3) is 0 Å². The molecule has 0 bridgehead atoms. The lowest BCUT2D eigenvalue weighted by Gasteiger charge is -2.09. The number of unbranched alkanes of at least 4 members (excludes halogenated alkanes) is 2. The van der Waals surface area contributed by atoms with Gasteiger partial charge in [-0.05, 0) is 70.4 Å². The minimum atomic E-state index is -2.64. The van der Waals surface area contributed by atoms with Gasteiger partial charge in [0.15, 0.2) is 0 Å². The van der Waals surface area contributed by atoms with Gasteiger partial charge in [0.1, 0.15) is 11.5 Å². The lowest BCUT2D eigenvalue weighted by atomic mass is 10.0. The molecule has 0 spiro atoms. The normalized spacial score (nSPS) is 16.5. The zero-order valence-electron chi connectivity index (χ0n) is 20.2. The van der Waals surface area contributed by atoms with E-state index >= 15 is 0 Å². The third-order valence-corrected chi connectivity index (χ3v) is 3.87. The summed E-state index contributed by atoms with van der Waals surface area (Å²) >= 11 is 0. The van der Waals surface area contributed by atoms with E-state index < -0.39 is 19.3 Å². The van der Waals surface area contributed by atoms with Crippen molar-refractivity contribution in [2.75, 3.05) is 0 Å². The third kappa shape index (κ3) is 7.40. The molecule has 0 fully saturated rings. The highest BCUT2D eigenvalue weighted by molar-refractivity contribution is 5.47. The van der Waals surface area contributed by atoms with Crippen molar-refractivity contribution in [2.24, 2.45) is 0 Å². The van der Waals surface area contributed by atoms with Crippen molar-refractivity contribution in [3.05, 3.63) is 46.6 Å². The Labute approximate surface area is 150 Å². The number of allylic oxidation sites excluding steroid dienone is 4. The van der Waals surface area contributed by atoms with Crippen LogP contribution < -0.4 is 0 Å². The van der Waals surface area contributed by atoms with Gasteiger partial charge in [-0.15, -0.1) is 0 Å². The largest absolute Gasteiger partial charge is 0.508 e. The Kier molecular flexibility index (Phi) is 5.20. The van der Waals surface area contributed by atoms with Crippen LogP contribution in [-0.4, -0.2) is 10.2 Å². The average Bonchev–Trinajstić information content (AvgIpc) is 2.56. The van der Waals surface area contributed by atoms with E-state index in [-0.39, 0.29) is 11.5 Å². The van der Waals surface area contributed by atoms with Crippen LogP contribution in [0.25, 0.3) is 0 Å². The molecule has 1 rings (SSSR count). The molecular formula is C21H32O2. The quantitative estimate of drug-likeness (QED) is 0.428. The predicted octanol–water partition coefficient (Wildman–Crippen LogP) is 6.07. The Morgan fingerprint density at radius 3 is 2.43 bits per heavy atom. The first-order valence-corrected chi connectivity index (χ1v) is 8.26. The molecule has 0 atom stereocenters. The van der Waals surface area contributed by atoms with Crippen LogP contribution in [0.4, 0.5) is 0 Å². The van der Waals surface area contributed by atoms with Gasteiger partial charge in [0.2, 0.25) is 0 Å². The molecule has 0 amide bonds. The lowest BCUT2D eigenvalue weighted by Crippen LogP contribution is -1.91. The first kappa shape index (κ1) is 11.8. The monoisotopic (exact) mass is 322 g/mol. The molecule has 0 aromatic heterocycles. The van der Waals surface area contributed by atoms with Crippen LogP contribution in [-0.2, 0) is 12.8 Å². The van der Waals surface area contributed by atoms with Gasteiger partial charge in [0.05, 0.1) is 0 Å². The van der Waals surface area contributed by atoms with Crippen LogP contribution in [0.5, 0.6) is 11.5 Å². The Balaban J connectivity index is 2.77. The van der Waals surface area contributed by atoms with Crippen molar-refractivity contribution in [1.82, 2.24) is 0 Å². The van der Waals surface area contributed by atoms with Crippen LogP contribution in [0.2, 0.25) is 0 Å². The smallest absolute Gasteiger partial charge is 0.123 e. The molecule has 1 aromatic carbocycles. The van der Waals surface area contributed by atoms with Crippen LogP contribution in [0.1, 0.15) is 79.0 Å². The van der Waals surface area contributed by atoms with Crippen LogP contribution in [0, 0.1) is 0 Å². The minimum Gasteiger partial charge on any atom is -0.508 e. The summed E-state index contributed by atoms with van der Waals surface area (Å²) in [5.74, 6) is 0.125. The number of aromatic hydroxyl groups is 2. The first-order chi connectivity index (χ1) is 13.4. The zero-order chi connectivity index (χ0) is 22.2. The predicted molar refractivity (Wildman–Crippen MR) is 99.1 cm³/mol. The average molecular weight is 323 g/mol. The van der Waals surface area contributed by atoms with Gasteiger partial charge in [0, 0.05) is 13.8 Å². The molecule has 1 aromatic rings. The van der Waals surface area contributed by atoms with E-state index in [2.05, 4.69) is 6.92 Å². The first-order valence-electron chi connectivity index (χ1n) is 11.3. The van der Waals surface area contributed by atoms with Crippen molar-refractivity contribution >= 4 is 0 Å². The molecule has 2 N–H and O–H groups in total. The summed E-state index contributed by atoms with van der Waals surface area (Å²) in [7, 11) is 0. The highest BCUT2D eigenvalue weighted by atomic mass is 16.3. The van der Waals surface area contributed by atoms with Gasteiger partial charge < -0.3 is 10.2 Å². The number of phenols is 2. The summed E-state index contributed by atoms with van der Waals surface area (Å²) < 4.78 is 44.3. The Morgan fingerprint density at radius 2 is 1.83 bits per heavy atom. The van der Waals surface area contributed by atoms with Crippen LogP contribution >= 0.6 is 0 Å². The van der Waals surface area contributed by atoms with Crippen molar-refractivity contribution < 1.29 is 18.4 Å². The fraction of sp³-hybridized carbons (Fsp3) is 0.524. The fourth-order valence-corrected chi connectivity index (χ4v) is 2.45. The molecule has 0 radical (unpaired) electrons. The maximum Gasteiger partial charge on any atom is 0.123 e. The van der Waals surface area contributed by atoms with Gasteiger partial charge in [-0.25, -0.2) is 0 Å². The Bertz CT molecular complexity index is 691. The molecule has 0 aliphatic heterocycles. The fourth-order valence-electron chi connectivity index (χ4n) is 2.45. The lowest BCUT2D eigenvalue weighted by molar-refractivity contribution is 0.439. The van der Waals surface area contributed by atoms with Crippen LogP contribution in [0.15, 0.2) is 35.4 Å². The number of hydrogen-bond acceptors (Lipinski definition) is 2. The third-order valence-electron chi connectivity index (χ3n) is 3.87. The second-order valence-corrected chi connectivity index (χ2v) is 5.98. The van der Waals surface area contributed by atoms with Crippen molar-refractivity contribution in [2.45, 2.75) is 72.5 Å². The number of rotatable bonds is 9. The second kappa shape index (κ2) is 10.1. The van der Waals surface area contributed by atoms with Gasteiger partial charge in [-0.3, -0.25) is 0 Å². The molecule has 0 aliphatic rings. The summed E-state index contributed by atoms with van der Waals surface area (Å²) in [5, 5.41) is 20.5. The van der Waals surface area contributed by atoms with E-state index in [0.717, 1.165) is 36.8 Å². The molecule has 0 saturated carbocycles. The maximum atomic E-state index is 10.2. The number of aryl methyl sites for hydroxylation is 1. The number of hydrogen-bond donors (Lipinski definition) is 2. The minimum absolute atomic E-state index is 0.0625. The van der Waals surface area contributed by atoms with Crippen molar-refractivity contribution in [1.29, 1.82) is 0 Å². The van der Waals surface area contributed by atoms with E-state index in [1.54, 1.807) is 12.1 Å². The number of benzene rings is 1. The summed E-state index contributed by atoms with van der Waals surface area (Å²) in [4.78, 5) is 0. The SMILES string of the molecule is [2H]C([2H])([2H])C(=CCC/C(C)=C/Cc1c(O)cc(CCCCC)cc1O)C([2H])([2H])[2H]. The molecule has 2 heteroatoms. The Morgan fingerprint density at radius 1 is 1.13 bits per heavy atom. The van der Waals surface area contributed by atoms with E-state index in [0.29, 0.717) is 24.8 Å². The maximum absolute atomic E-state index is 10.2. The summed E-state index contributed by atoms with van der Waals surface area (Å²) in [5.41, 5.74) is 1.77. The van der Waals surface area contributed by atoms with Gasteiger partial charge in [-0.2, -0.15) is 0 Å². The van der Waals surface area contributed by atoms with E-state index in [9.17, 15) is 10.2 Å². The van der Waals surface area contributed by atoms with Crippen molar-refractivity contribution in [3.8, 4) is 11.5 Å². The molecule has 0 saturated heterocycles. The zero-order valence-corrected chi connectivity index (χ0v) is 14.2. The molecule has 0 heterocycles. The topological polar surface area (TPSA) is 40.5 Å². The molecule has 2 nitrogen and oxygen atoms in total. The van der Waals surface area contributed by atoms with Gasteiger partial charge in [-0.1, -0.05) is 43.1 Å². The second-order valence-electron chi connectivity index (χ2n) is 5.98. The van der Waals surface area contributed by atoms with Crippen LogP contribution in [0.3, 0.4) is 0 Å². The number of phenolic OH excluding ortho intramolecular Hbond substituents is 2. The van der Waals surface area contributed by atoms with Gasteiger partial charge >= 0.3 is 0 Å². The summed E-state index contributed by atoms with van der Waals surface area (Å²) in [6.45, 7) is -1.31. The molecule has 128 valence electrons. The Hall–Kier alpha value is -1.70. The van der Waals surface area contributed by atoms with E-state index in [1.807, 2.05) is 13.0 Å². The standard InChI is InChI=1S/C21H32O2/c1-5-6-7-11-18-14-20(22)19(21(23)15-18)13-12-17(4)10-8-9-16(2)3/h9,12,14-15,22-23H,5-8,10-11,13H2,1-4H3/b17-12+/i2D3,3D3. The van der Waals surface area contributed by atoms with E-state index in [1.165, 1.54) is 6.08 Å². The highest BCUT2D eigenvalue weighted by Gasteiger charge is 2.09. The summed E-state index contributed by atoms with van der Waals surface area (Å²) in [6.07, 6.45) is 8.28. The summed E-state index contributed by atoms with van der Waals surface area (Å²) in [6, 6.07) is 3.38. The molecular weight excluding hydrogens is 284 g/mol. The molecule has 0 aliphatic carbocycles. The van der Waals surface area contributed by atoms with E-state index in [4.69, 9.17) is 8.22 Å². The molecule has 23 heavy (non-hydrogen) atoms. The highest BCUT2D eigenvalue weighted by Crippen LogP contribution is 2.30. The van der Waals surface area contributed by atoms with Crippen molar-refractivity contribution in [3.63, 3.8) is 0 Å². The molecule has 0 unspecified atom stereocenters.